The number of amides is 2. The zero-order valence-electron chi connectivity index (χ0n) is 11.3. The van der Waals surface area contributed by atoms with Gasteiger partial charge in [0, 0.05) is 43.2 Å². The lowest BCUT2D eigenvalue weighted by molar-refractivity contribution is 0.0904. The number of rotatable bonds is 3. The second kappa shape index (κ2) is 5.71. The molecule has 3 N–H and O–H groups in total. The van der Waals surface area contributed by atoms with Gasteiger partial charge in [-0.2, -0.15) is 0 Å². The highest BCUT2D eigenvalue weighted by molar-refractivity contribution is 9.10. The van der Waals surface area contributed by atoms with Gasteiger partial charge in [0.2, 0.25) is 0 Å². The molecular weight excluding hydrogens is 320 g/mol. The van der Waals surface area contributed by atoms with Crippen LogP contribution >= 0.6 is 15.9 Å². The van der Waals surface area contributed by atoms with E-state index in [2.05, 4.69) is 38.3 Å². The van der Waals surface area contributed by atoms with Crippen molar-refractivity contribution in [2.75, 3.05) is 32.7 Å². The van der Waals surface area contributed by atoms with Gasteiger partial charge in [-0.1, -0.05) is 28.1 Å². The van der Waals surface area contributed by atoms with Gasteiger partial charge in [-0.05, 0) is 17.7 Å². The molecule has 5 nitrogen and oxygen atoms in total. The Kier molecular flexibility index (Phi) is 3.96. The van der Waals surface area contributed by atoms with Gasteiger partial charge in [-0.15, -0.1) is 0 Å². The maximum atomic E-state index is 11.6. The van der Waals surface area contributed by atoms with E-state index in [-0.39, 0.29) is 18.1 Å². The third-order valence-electron chi connectivity index (χ3n) is 4.16. The molecule has 0 saturated carbocycles. The lowest BCUT2D eigenvalue weighted by Gasteiger charge is -2.40. The highest BCUT2D eigenvalue weighted by atomic mass is 79.9. The summed E-state index contributed by atoms with van der Waals surface area (Å²) in [5.41, 5.74) is 7.23. The van der Waals surface area contributed by atoms with Crippen LogP contribution in [0.1, 0.15) is 11.6 Å². The first kappa shape index (κ1) is 13.9. The van der Waals surface area contributed by atoms with E-state index < -0.39 is 0 Å². The van der Waals surface area contributed by atoms with Gasteiger partial charge in [-0.25, -0.2) is 4.79 Å². The summed E-state index contributed by atoms with van der Waals surface area (Å²) in [7, 11) is 0. The molecule has 2 unspecified atom stereocenters. The molecule has 2 atom stereocenters. The van der Waals surface area contributed by atoms with E-state index in [0.717, 1.165) is 30.7 Å². The van der Waals surface area contributed by atoms with E-state index in [1.54, 1.807) is 0 Å². The van der Waals surface area contributed by atoms with E-state index in [1.807, 2.05) is 17.0 Å². The van der Waals surface area contributed by atoms with Gasteiger partial charge in [0.05, 0.1) is 6.04 Å². The molecule has 2 aliphatic rings. The lowest BCUT2D eigenvalue weighted by atomic mass is 10.0. The molecule has 2 amide bonds. The quantitative estimate of drug-likeness (QED) is 0.869. The maximum Gasteiger partial charge on any atom is 0.317 e. The maximum absolute atomic E-state index is 11.6. The SMILES string of the molecule is NCC(c1cccc(Br)c1)N1CCN2C(=O)NCC2C1. The summed E-state index contributed by atoms with van der Waals surface area (Å²) in [5.74, 6) is 0. The van der Waals surface area contributed by atoms with Gasteiger partial charge < -0.3 is 16.0 Å². The summed E-state index contributed by atoms with van der Waals surface area (Å²) in [4.78, 5) is 16.0. The molecule has 20 heavy (non-hydrogen) atoms. The summed E-state index contributed by atoms with van der Waals surface area (Å²) in [5, 5.41) is 2.91. The van der Waals surface area contributed by atoms with Crippen molar-refractivity contribution >= 4 is 22.0 Å². The number of carbonyl (C=O) groups is 1. The first-order valence-corrected chi connectivity index (χ1v) is 7.72. The zero-order chi connectivity index (χ0) is 14.1. The highest BCUT2D eigenvalue weighted by Gasteiger charge is 2.37. The van der Waals surface area contributed by atoms with Crippen molar-refractivity contribution in [1.82, 2.24) is 15.1 Å². The number of hydrogen-bond acceptors (Lipinski definition) is 3. The predicted molar refractivity (Wildman–Crippen MR) is 81.4 cm³/mol. The van der Waals surface area contributed by atoms with Crippen LogP contribution < -0.4 is 11.1 Å². The number of fused-ring (bicyclic) bond motifs is 1. The fourth-order valence-corrected chi connectivity index (χ4v) is 3.54. The molecule has 2 saturated heterocycles. The number of hydrogen-bond donors (Lipinski definition) is 2. The number of urea groups is 1. The van der Waals surface area contributed by atoms with Crippen LogP contribution in [0, 0.1) is 0 Å². The van der Waals surface area contributed by atoms with Gasteiger partial charge >= 0.3 is 6.03 Å². The molecule has 0 aromatic heterocycles. The average molecular weight is 339 g/mol. The van der Waals surface area contributed by atoms with E-state index in [9.17, 15) is 4.79 Å². The Bertz CT molecular complexity index is 510. The first-order chi connectivity index (χ1) is 9.69. The van der Waals surface area contributed by atoms with Crippen LogP contribution in [0.15, 0.2) is 28.7 Å². The molecule has 2 heterocycles. The Morgan fingerprint density at radius 3 is 3.05 bits per heavy atom. The summed E-state index contributed by atoms with van der Waals surface area (Å²) >= 11 is 3.51. The number of nitrogens with zero attached hydrogens (tertiary/aromatic N) is 2. The summed E-state index contributed by atoms with van der Waals surface area (Å²) < 4.78 is 1.07. The zero-order valence-corrected chi connectivity index (χ0v) is 12.8. The van der Waals surface area contributed by atoms with E-state index >= 15 is 0 Å². The third-order valence-corrected chi connectivity index (χ3v) is 4.65. The van der Waals surface area contributed by atoms with Crippen molar-refractivity contribution < 1.29 is 4.79 Å². The summed E-state index contributed by atoms with van der Waals surface area (Å²) in [6.07, 6.45) is 0. The van der Waals surface area contributed by atoms with Crippen LogP contribution in [0.4, 0.5) is 4.79 Å². The van der Waals surface area contributed by atoms with Crippen LogP contribution in [0.2, 0.25) is 0 Å². The molecule has 2 aliphatic heterocycles. The molecule has 6 heteroatoms. The highest BCUT2D eigenvalue weighted by Crippen LogP contribution is 2.26. The van der Waals surface area contributed by atoms with Crippen LogP contribution in [0.3, 0.4) is 0 Å². The third kappa shape index (κ3) is 2.55. The Hall–Kier alpha value is -1.11. The van der Waals surface area contributed by atoms with Crippen LogP contribution in [-0.2, 0) is 0 Å². The fourth-order valence-electron chi connectivity index (χ4n) is 3.12. The minimum absolute atomic E-state index is 0.0707. The number of nitrogens with one attached hydrogen (secondary N) is 1. The number of carbonyl (C=O) groups excluding carboxylic acids is 1. The monoisotopic (exact) mass is 338 g/mol. The normalized spacial score (nSPS) is 24.4. The molecule has 2 fully saturated rings. The molecule has 0 spiro atoms. The fraction of sp³-hybridized carbons (Fsp3) is 0.500. The topological polar surface area (TPSA) is 61.6 Å². The van der Waals surface area contributed by atoms with Crippen molar-refractivity contribution in [3.8, 4) is 0 Å². The van der Waals surface area contributed by atoms with Gasteiger partial charge in [0.15, 0.2) is 0 Å². The van der Waals surface area contributed by atoms with Crippen molar-refractivity contribution in [2.45, 2.75) is 12.1 Å². The minimum Gasteiger partial charge on any atom is -0.336 e. The van der Waals surface area contributed by atoms with Crippen LogP contribution in [-0.4, -0.2) is 54.6 Å². The Morgan fingerprint density at radius 1 is 1.45 bits per heavy atom. The lowest BCUT2D eigenvalue weighted by Crippen LogP contribution is -2.53. The smallest absolute Gasteiger partial charge is 0.317 e. The summed E-state index contributed by atoms with van der Waals surface area (Å²) in [6, 6.07) is 8.87. The number of piperazine rings is 1. The Balaban J connectivity index is 1.76. The van der Waals surface area contributed by atoms with Crippen molar-refractivity contribution in [1.29, 1.82) is 0 Å². The van der Waals surface area contributed by atoms with Crippen molar-refractivity contribution in [3.63, 3.8) is 0 Å². The van der Waals surface area contributed by atoms with E-state index in [1.165, 1.54) is 5.56 Å². The molecule has 0 bridgehead atoms. The van der Waals surface area contributed by atoms with Crippen LogP contribution in [0.5, 0.6) is 0 Å². The standard InChI is InChI=1S/C14H19BrN4O/c15-11-3-1-2-10(6-11)13(7-16)18-4-5-19-12(9-18)8-17-14(19)20/h1-3,6,12-13H,4-5,7-9,16H2,(H,17,20). The van der Waals surface area contributed by atoms with Gasteiger partial charge in [0.25, 0.3) is 0 Å². The van der Waals surface area contributed by atoms with Gasteiger partial charge in [-0.3, -0.25) is 4.90 Å². The average Bonchev–Trinajstić information content (AvgIpc) is 2.81. The van der Waals surface area contributed by atoms with Crippen LogP contribution in [0.25, 0.3) is 0 Å². The molecule has 0 aliphatic carbocycles. The molecule has 0 radical (unpaired) electrons. The number of nitrogens with two attached hydrogens (primary N) is 1. The van der Waals surface area contributed by atoms with E-state index in [0.29, 0.717) is 6.54 Å². The molecule has 3 rings (SSSR count). The van der Waals surface area contributed by atoms with E-state index in [4.69, 9.17) is 5.73 Å². The molecule has 108 valence electrons. The minimum atomic E-state index is 0.0707. The largest absolute Gasteiger partial charge is 0.336 e. The van der Waals surface area contributed by atoms with Crippen molar-refractivity contribution in [3.05, 3.63) is 34.3 Å². The molecular formula is C14H19BrN4O. The first-order valence-electron chi connectivity index (χ1n) is 6.93. The Labute approximate surface area is 127 Å². The second-order valence-electron chi connectivity index (χ2n) is 5.33. The molecule has 1 aromatic carbocycles. The summed E-state index contributed by atoms with van der Waals surface area (Å²) in [6.45, 7) is 3.86. The van der Waals surface area contributed by atoms with Crippen molar-refractivity contribution in [2.24, 2.45) is 5.73 Å². The Morgan fingerprint density at radius 2 is 2.30 bits per heavy atom. The number of halogens is 1. The second-order valence-corrected chi connectivity index (χ2v) is 6.25. The predicted octanol–water partition coefficient (Wildman–Crippen LogP) is 1.16. The number of benzene rings is 1. The van der Waals surface area contributed by atoms with Gasteiger partial charge in [0.1, 0.15) is 0 Å². The molecule has 1 aromatic rings.